The Kier molecular flexibility index (Phi) is 2.34. The first-order valence-electron chi connectivity index (χ1n) is 5.35. The molecule has 0 saturated carbocycles. The van der Waals surface area contributed by atoms with Crippen LogP contribution < -0.4 is 5.32 Å². The lowest BCUT2D eigenvalue weighted by molar-refractivity contribution is 0.186. The number of aromatic nitrogens is 2. The molecule has 3 rings (SSSR count). The van der Waals surface area contributed by atoms with Crippen molar-refractivity contribution >= 4 is 11.2 Å². The largest absolute Gasteiger partial charge is 0.438 e. The van der Waals surface area contributed by atoms with E-state index in [4.69, 9.17) is 9.15 Å². The third-order valence-electron chi connectivity index (χ3n) is 2.95. The summed E-state index contributed by atoms with van der Waals surface area (Å²) in [6, 6.07) is 3.99. The van der Waals surface area contributed by atoms with Gasteiger partial charge in [-0.3, -0.25) is 0 Å². The Morgan fingerprint density at radius 1 is 1.44 bits per heavy atom. The van der Waals surface area contributed by atoms with Crippen LogP contribution in [-0.4, -0.2) is 36.3 Å². The molecular weight excluding hydrogens is 206 g/mol. The van der Waals surface area contributed by atoms with E-state index < -0.39 is 0 Å². The number of likely N-dealkylation sites (N-methyl/N-ethyl adjacent to an activating group) is 1. The van der Waals surface area contributed by atoms with E-state index in [-0.39, 0.29) is 12.0 Å². The van der Waals surface area contributed by atoms with Gasteiger partial charge >= 0.3 is 0 Å². The van der Waals surface area contributed by atoms with Gasteiger partial charge in [-0.1, -0.05) is 0 Å². The Hall–Kier alpha value is -1.46. The van der Waals surface area contributed by atoms with Crippen LogP contribution in [0.2, 0.25) is 0 Å². The maximum atomic E-state index is 5.69. The van der Waals surface area contributed by atoms with Crippen LogP contribution in [0.1, 0.15) is 11.8 Å². The minimum Gasteiger partial charge on any atom is -0.438 e. The highest BCUT2D eigenvalue weighted by molar-refractivity contribution is 5.67. The van der Waals surface area contributed by atoms with Gasteiger partial charge in [0, 0.05) is 12.2 Å². The van der Waals surface area contributed by atoms with Crippen LogP contribution in [0.3, 0.4) is 0 Å². The highest BCUT2D eigenvalue weighted by Gasteiger charge is 2.32. The van der Waals surface area contributed by atoms with Crippen molar-refractivity contribution in [3.63, 3.8) is 0 Å². The number of hydrogen-bond donors (Lipinski definition) is 1. The summed E-state index contributed by atoms with van der Waals surface area (Å²) in [7, 11) is 1.92. The number of ether oxygens (including phenoxy) is 1. The number of nitrogens with zero attached hydrogens (tertiary/aromatic N) is 2. The molecule has 2 aromatic heterocycles. The lowest BCUT2D eigenvalue weighted by atomic mass is 10.0. The molecule has 0 bridgehead atoms. The third-order valence-corrected chi connectivity index (χ3v) is 2.95. The maximum Gasteiger partial charge on any atom is 0.204 e. The van der Waals surface area contributed by atoms with E-state index in [9.17, 15) is 0 Å². The SMILES string of the molecule is CNC1COCC1c1nc2ncccc2o1. The zero-order valence-corrected chi connectivity index (χ0v) is 9.01. The number of nitrogens with one attached hydrogen (secondary N) is 1. The zero-order chi connectivity index (χ0) is 11.0. The van der Waals surface area contributed by atoms with Crippen LogP contribution in [-0.2, 0) is 4.74 Å². The minimum atomic E-state index is 0.180. The normalized spacial score (nSPS) is 25.3. The smallest absolute Gasteiger partial charge is 0.204 e. The van der Waals surface area contributed by atoms with Crippen molar-refractivity contribution < 1.29 is 9.15 Å². The first kappa shape index (κ1) is 9.74. The minimum absolute atomic E-state index is 0.180. The molecule has 1 aliphatic heterocycles. The molecule has 0 aliphatic carbocycles. The molecule has 0 aromatic carbocycles. The fourth-order valence-electron chi connectivity index (χ4n) is 2.03. The molecule has 1 aliphatic rings. The van der Waals surface area contributed by atoms with Crippen LogP contribution in [0.15, 0.2) is 22.7 Å². The Balaban J connectivity index is 1.99. The van der Waals surface area contributed by atoms with Crippen molar-refractivity contribution in [3.8, 4) is 0 Å². The molecule has 2 aromatic rings. The predicted octanol–water partition coefficient (Wildman–Crippen LogP) is 0.925. The van der Waals surface area contributed by atoms with Crippen molar-refractivity contribution in [2.45, 2.75) is 12.0 Å². The van der Waals surface area contributed by atoms with Gasteiger partial charge in [-0.15, -0.1) is 0 Å². The van der Waals surface area contributed by atoms with Crippen LogP contribution in [0.5, 0.6) is 0 Å². The maximum absolute atomic E-state index is 5.69. The number of pyridine rings is 1. The lowest BCUT2D eigenvalue weighted by Gasteiger charge is -2.12. The first-order valence-corrected chi connectivity index (χ1v) is 5.35. The molecule has 3 heterocycles. The molecule has 0 amide bonds. The predicted molar refractivity (Wildman–Crippen MR) is 58.2 cm³/mol. The van der Waals surface area contributed by atoms with Crippen molar-refractivity contribution in [2.75, 3.05) is 20.3 Å². The quantitative estimate of drug-likeness (QED) is 0.814. The molecule has 1 saturated heterocycles. The second-order valence-corrected chi connectivity index (χ2v) is 3.92. The zero-order valence-electron chi connectivity index (χ0n) is 9.01. The number of fused-ring (bicyclic) bond motifs is 1. The summed E-state index contributed by atoms with van der Waals surface area (Å²) >= 11 is 0. The van der Waals surface area contributed by atoms with Crippen molar-refractivity contribution in [1.82, 2.24) is 15.3 Å². The Labute approximate surface area is 92.8 Å². The van der Waals surface area contributed by atoms with Crippen LogP contribution in [0, 0.1) is 0 Å². The standard InChI is InChI=1S/C11H13N3O2/c1-12-8-6-15-5-7(8)11-14-10-9(16-11)3-2-4-13-10/h2-4,7-8,12H,5-6H2,1H3. The average molecular weight is 219 g/mol. The topological polar surface area (TPSA) is 60.2 Å². The summed E-state index contributed by atoms with van der Waals surface area (Å²) in [6.45, 7) is 1.35. The van der Waals surface area contributed by atoms with Gasteiger partial charge in [-0.2, -0.15) is 4.98 Å². The lowest BCUT2D eigenvalue weighted by Crippen LogP contribution is -2.31. The number of rotatable bonds is 2. The molecule has 2 atom stereocenters. The molecule has 5 nitrogen and oxygen atoms in total. The van der Waals surface area contributed by atoms with Crippen molar-refractivity contribution in [3.05, 3.63) is 24.2 Å². The van der Waals surface area contributed by atoms with Crippen LogP contribution in [0.4, 0.5) is 0 Å². The second kappa shape index (κ2) is 3.84. The van der Waals surface area contributed by atoms with E-state index in [0.717, 1.165) is 5.58 Å². The number of hydrogen-bond acceptors (Lipinski definition) is 5. The van der Waals surface area contributed by atoms with Crippen LogP contribution in [0.25, 0.3) is 11.2 Å². The van der Waals surface area contributed by atoms with Gasteiger partial charge in [0.25, 0.3) is 0 Å². The molecule has 16 heavy (non-hydrogen) atoms. The van der Waals surface area contributed by atoms with E-state index in [1.165, 1.54) is 0 Å². The summed E-state index contributed by atoms with van der Waals surface area (Å²) in [4.78, 5) is 8.55. The summed E-state index contributed by atoms with van der Waals surface area (Å²) in [5, 5.41) is 3.21. The summed E-state index contributed by atoms with van der Waals surface area (Å²) < 4.78 is 11.1. The summed E-state index contributed by atoms with van der Waals surface area (Å²) in [5.74, 6) is 0.893. The van der Waals surface area contributed by atoms with Gasteiger partial charge in [0.2, 0.25) is 5.89 Å². The fourth-order valence-corrected chi connectivity index (χ4v) is 2.03. The molecule has 0 spiro atoms. The fraction of sp³-hybridized carbons (Fsp3) is 0.455. The first-order chi connectivity index (χ1) is 7.88. The van der Waals surface area contributed by atoms with Gasteiger partial charge in [-0.05, 0) is 19.2 Å². The van der Waals surface area contributed by atoms with Crippen molar-refractivity contribution in [2.24, 2.45) is 0 Å². The molecule has 1 N–H and O–H groups in total. The van der Waals surface area contributed by atoms with E-state index in [1.54, 1.807) is 6.20 Å². The van der Waals surface area contributed by atoms with Crippen molar-refractivity contribution in [1.29, 1.82) is 0 Å². The van der Waals surface area contributed by atoms with Gasteiger partial charge in [0.15, 0.2) is 11.2 Å². The molecule has 84 valence electrons. The summed E-state index contributed by atoms with van der Waals surface area (Å²) in [5.41, 5.74) is 1.40. The van der Waals surface area contributed by atoms with E-state index in [2.05, 4.69) is 15.3 Å². The van der Waals surface area contributed by atoms with E-state index >= 15 is 0 Å². The molecule has 5 heteroatoms. The Bertz CT molecular complexity index is 464. The summed E-state index contributed by atoms with van der Waals surface area (Å²) in [6.07, 6.45) is 1.72. The van der Waals surface area contributed by atoms with E-state index in [1.807, 2.05) is 19.2 Å². The average Bonchev–Trinajstić information content (AvgIpc) is 2.94. The van der Waals surface area contributed by atoms with Gasteiger partial charge < -0.3 is 14.5 Å². The monoisotopic (exact) mass is 219 g/mol. The Morgan fingerprint density at radius 3 is 3.19 bits per heavy atom. The highest BCUT2D eigenvalue weighted by atomic mass is 16.5. The Morgan fingerprint density at radius 2 is 2.38 bits per heavy atom. The molecule has 0 radical (unpaired) electrons. The van der Waals surface area contributed by atoms with Crippen LogP contribution >= 0.6 is 0 Å². The highest BCUT2D eigenvalue weighted by Crippen LogP contribution is 2.27. The van der Waals surface area contributed by atoms with Gasteiger partial charge in [0.1, 0.15) is 0 Å². The second-order valence-electron chi connectivity index (χ2n) is 3.92. The molecular formula is C11H13N3O2. The van der Waals surface area contributed by atoms with Gasteiger partial charge in [0.05, 0.1) is 19.1 Å². The van der Waals surface area contributed by atoms with Gasteiger partial charge in [-0.25, -0.2) is 4.98 Å². The van der Waals surface area contributed by atoms with E-state index in [0.29, 0.717) is 24.8 Å². The molecule has 2 unspecified atom stereocenters. The third kappa shape index (κ3) is 1.48. The molecule has 1 fully saturated rings. The number of oxazole rings is 1.